The molecule has 0 saturated heterocycles. The normalized spacial score (nSPS) is 11.6. The molecule has 0 saturated carbocycles. The van der Waals surface area contributed by atoms with Crippen LogP contribution in [0.5, 0.6) is 17.2 Å². The number of nitrogens with zero attached hydrogens (tertiary/aromatic N) is 3. The lowest BCUT2D eigenvalue weighted by molar-refractivity contribution is 0.239. The molecule has 0 spiro atoms. The van der Waals surface area contributed by atoms with Crippen LogP contribution in [-0.4, -0.2) is 32.0 Å². The zero-order chi connectivity index (χ0) is 35.6. The Balaban J connectivity index is 1.88. The second-order valence-corrected chi connectivity index (χ2v) is 13.8. The second-order valence-electron chi connectivity index (χ2n) is 13.8. The van der Waals surface area contributed by atoms with Gasteiger partial charge in [0.25, 0.3) is 0 Å². The first-order chi connectivity index (χ1) is 22.5. The summed E-state index contributed by atoms with van der Waals surface area (Å²) in [5, 5.41) is 0. The number of benzene rings is 3. The van der Waals surface area contributed by atoms with E-state index in [2.05, 4.69) is 0 Å². The van der Waals surface area contributed by atoms with Crippen molar-refractivity contribution in [1.29, 1.82) is 0 Å². The van der Waals surface area contributed by atoms with Crippen LogP contribution in [0.15, 0.2) is 50.8 Å². The largest absolute Gasteiger partial charge is 0.490 e. The third kappa shape index (κ3) is 8.12. The van der Waals surface area contributed by atoms with Gasteiger partial charge in [0.1, 0.15) is 17.2 Å². The third-order valence-corrected chi connectivity index (χ3v) is 8.03. The van der Waals surface area contributed by atoms with Crippen molar-refractivity contribution in [2.45, 2.75) is 121 Å². The predicted molar refractivity (Wildman–Crippen MR) is 192 cm³/mol. The number of hydrogen-bond donors (Lipinski definition) is 0. The molecule has 9 nitrogen and oxygen atoms in total. The first-order valence-corrected chi connectivity index (χ1v) is 16.7. The van der Waals surface area contributed by atoms with Gasteiger partial charge in [-0.3, -0.25) is 0 Å². The SMILES string of the molecule is Cc1cc(Cn2c(=O)n(Cc3cc(C)c(OC(C)C)c(C)c3)c(=O)n(Cc3cc(C)c(OC(C)C)c(C)c3)c2=O)cc(C)c1OC(C)C. The predicted octanol–water partition coefficient (Wildman–Crippen LogP) is 6.53. The molecule has 1 heterocycles. The van der Waals surface area contributed by atoms with Gasteiger partial charge >= 0.3 is 17.1 Å². The molecule has 258 valence electrons. The first kappa shape index (κ1) is 36.3. The van der Waals surface area contributed by atoms with Crippen LogP contribution in [0.2, 0.25) is 0 Å². The minimum atomic E-state index is -0.662. The minimum absolute atomic E-state index is 0.0000286. The van der Waals surface area contributed by atoms with E-state index in [1.165, 1.54) is 0 Å². The molecule has 9 heteroatoms. The van der Waals surface area contributed by atoms with Crippen LogP contribution in [-0.2, 0) is 19.6 Å². The van der Waals surface area contributed by atoms with E-state index in [1.807, 2.05) is 119 Å². The number of aryl methyl sites for hydroxylation is 6. The third-order valence-electron chi connectivity index (χ3n) is 8.03. The van der Waals surface area contributed by atoms with Crippen LogP contribution in [0, 0.1) is 41.5 Å². The van der Waals surface area contributed by atoms with Crippen LogP contribution in [0.25, 0.3) is 0 Å². The minimum Gasteiger partial charge on any atom is -0.490 e. The highest BCUT2D eigenvalue weighted by Gasteiger charge is 2.20. The molecule has 1 aromatic heterocycles. The van der Waals surface area contributed by atoms with E-state index >= 15 is 0 Å². The Morgan fingerprint density at radius 1 is 0.417 bits per heavy atom. The van der Waals surface area contributed by atoms with Gasteiger partial charge in [-0.1, -0.05) is 36.4 Å². The van der Waals surface area contributed by atoms with Gasteiger partial charge in [-0.2, -0.15) is 0 Å². The van der Waals surface area contributed by atoms with Gasteiger partial charge in [-0.25, -0.2) is 28.1 Å². The van der Waals surface area contributed by atoms with Crippen molar-refractivity contribution in [3.63, 3.8) is 0 Å². The van der Waals surface area contributed by atoms with Crippen LogP contribution in [0.3, 0.4) is 0 Å². The maximum Gasteiger partial charge on any atom is 0.336 e. The Morgan fingerprint density at radius 2 is 0.604 bits per heavy atom. The quantitative estimate of drug-likeness (QED) is 0.172. The number of ether oxygens (including phenoxy) is 3. The lowest BCUT2D eigenvalue weighted by atomic mass is 10.0. The van der Waals surface area contributed by atoms with Crippen LogP contribution in [0.4, 0.5) is 0 Å². The fraction of sp³-hybridized carbons (Fsp3) is 0.462. The Morgan fingerprint density at radius 3 is 0.771 bits per heavy atom. The molecule has 0 aliphatic heterocycles. The van der Waals surface area contributed by atoms with Crippen molar-refractivity contribution in [1.82, 2.24) is 13.7 Å². The van der Waals surface area contributed by atoms with Crippen LogP contribution >= 0.6 is 0 Å². The molecule has 0 bridgehead atoms. The Bertz CT molecular complexity index is 1670. The molecule has 0 aliphatic rings. The van der Waals surface area contributed by atoms with E-state index in [0.717, 1.165) is 81.0 Å². The van der Waals surface area contributed by atoms with E-state index in [4.69, 9.17) is 14.2 Å². The van der Waals surface area contributed by atoms with Gasteiger partial charge in [0.05, 0.1) is 37.9 Å². The maximum absolute atomic E-state index is 14.1. The van der Waals surface area contributed by atoms with Gasteiger partial charge < -0.3 is 14.2 Å². The summed E-state index contributed by atoms with van der Waals surface area (Å²) in [5.41, 5.74) is 5.75. The highest BCUT2D eigenvalue weighted by atomic mass is 16.5. The zero-order valence-electron chi connectivity index (χ0n) is 30.6. The summed E-state index contributed by atoms with van der Waals surface area (Å²) in [5.74, 6) is 2.36. The summed E-state index contributed by atoms with van der Waals surface area (Å²) in [6.45, 7) is 23.5. The van der Waals surface area contributed by atoms with Gasteiger partial charge in [-0.15, -0.1) is 0 Å². The summed E-state index contributed by atoms with van der Waals surface area (Å²) in [6.07, 6.45) is 0.00883. The summed E-state index contributed by atoms with van der Waals surface area (Å²) in [7, 11) is 0. The summed E-state index contributed by atoms with van der Waals surface area (Å²) >= 11 is 0. The Kier molecular flexibility index (Phi) is 11.1. The smallest absolute Gasteiger partial charge is 0.336 e. The van der Waals surface area contributed by atoms with E-state index in [1.54, 1.807) is 0 Å². The zero-order valence-corrected chi connectivity index (χ0v) is 30.6. The molecular formula is C39H51N3O6. The molecular weight excluding hydrogens is 606 g/mol. The van der Waals surface area contributed by atoms with Crippen molar-refractivity contribution < 1.29 is 14.2 Å². The average Bonchev–Trinajstić information content (AvgIpc) is 2.97. The molecule has 4 aromatic rings. The number of rotatable bonds is 12. The van der Waals surface area contributed by atoms with Crippen molar-refractivity contribution >= 4 is 0 Å². The average molecular weight is 658 g/mol. The fourth-order valence-corrected chi connectivity index (χ4v) is 6.29. The van der Waals surface area contributed by atoms with Crippen molar-refractivity contribution in [3.05, 3.63) is 118 Å². The molecule has 0 fully saturated rings. The van der Waals surface area contributed by atoms with E-state index in [0.29, 0.717) is 0 Å². The van der Waals surface area contributed by atoms with E-state index in [9.17, 15) is 14.4 Å². The van der Waals surface area contributed by atoms with Gasteiger partial charge in [0, 0.05) is 0 Å². The van der Waals surface area contributed by atoms with Gasteiger partial charge in [0.2, 0.25) is 0 Å². The summed E-state index contributed by atoms with van der Waals surface area (Å²) < 4.78 is 21.5. The van der Waals surface area contributed by atoms with E-state index in [-0.39, 0.29) is 37.9 Å². The lowest BCUT2D eigenvalue weighted by Gasteiger charge is -2.19. The summed E-state index contributed by atoms with van der Waals surface area (Å²) in [4.78, 5) is 42.3. The van der Waals surface area contributed by atoms with Crippen LogP contribution < -0.4 is 31.3 Å². The van der Waals surface area contributed by atoms with Crippen molar-refractivity contribution in [2.24, 2.45) is 0 Å². The number of hydrogen-bond acceptors (Lipinski definition) is 6. The van der Waals surface area contributed by atoms with Crippen LogP contribution in [0.1, 0.15) is 91.6 Å². The van der Waals surface area contributed by atoms with Crippen molar-refractivity contribution in [3.8, 4) is 17.2 Å². The molecule has 0 unspecified atom stereocenters. The summed E-state index contributed by atoms with van der Waals surface area (Å²) in [6, 6.07) is 11.6. The Hall–Kier alpha value is -4.53. The topological polar surface area (TPSA) is 93.7 Å². The number of aromatic nitrogens is 3. The van der Waals surface area contributed by atoms with E-state index < -0.39 is 17.1 Å². The fourth-order valence-electron chi connectivity index (χ4n) is 6.29. The lowest BCUT2D eigenvalue weighted by Crippen LogP contribution is -2.54. The molecule has 0 amide bonds. The standard InChI is InChI=1S/C39H51N3O6/c1-22(2)46-34-25(7)13-31(14-26(34)8)19-40-37(43)41(20-32-15-27(9)35(28(10)16-32)47-23(3)4)39(45)42(38(40)44)21-33-17-29(11)36(30(12)18-33)48-24(5)6/h13-18,22-24H,19-21H2,1-12H3. The molecule has 0 radical (unpaired) electrons. The molecule has 48 heavy (non-hydrogen) atoms. The highest BCUT2D eigenvalue weighted by molar-refractivity contribution is 5.45. The first-order valence-electron chi connectivity index (χ1n) is 16.7. The monoisotopic (exact) mass is 657 g/mol. The maximum atomic E-state index is 14.1. The molecule has 0 N–H and O–H groups in total. The Labute approximate surface area is 283 Å². The second kappa shape index (κ2) is 14.7. The molecule has 3 aromatic carbocycles. The van der Waals surface area contributed by atoms with Gasteiger partial charge in [0.15, 0.2) is 0 Å². The molecule has 0 atom stereocenters. The van der Waals surface area contributed by atoms with Crippen molar-refractivity contribution in [2.75, 3.05) is 0 Å². The highest BCUT2D eigenvalue weighted by Crippen LogP contribution is 2.28. The van der Waals surface area contributed by atoms with Gasteiger partial charge in [-0.05, 0) is 133 Å². The molecule has 0 aliphatic carbocycles. The molecule has 4 rings (SSSR count).